The Morgan fingerprint density at radius 3 is 2.83 bits per heavy atom. The number of aromatic nitrogens is 3. The lowest BCUT2D eigenvalue weighted by Gasteiger charge is -2.22. The van der Waals surface area contributed by atoms with Crippen molar-refractivity contribution in [3.8, 4) is 0 Å². The molecule has 0 aromatic carbocycles. The number of hydroxylamine groups is 1. The second-order valence-corrected chi connectivity index (χ2v) is 8.00. The zero-order valence-electron chi connectivity index (χ0n) is 17.0. The van der Waals surface area contributed by atoms with Crippen LogP contribution in [0.3, 0.4) is 0 Å². The van der Waals surface area contributed by atoms with E-state index >= 15 is 0 Å². The number of nitrogens with zero attached hydrogens (tertiary/aromatic N) is 3. The first-order chi connectivity index (χ1) is 14.5. The minimum absolute atomic E-state index is 0.0816. The molecule has 0 saturated heterocycles. The summed E-state index contributed by atoms with van der Waals surface area (Å²) in [5, 5.41) is 12.9. The van der Waals surface area contributed by atoms with E-state index in [-0.39, 0.29) is 18.8 Å². The van der Waals surface area contributed by atoms with Gasteiger partial charge in [0.05, 0.1) is 6.42 Å². The van der Waals surface area contributed by atoms with Crippen molar-refractivity contribution in [2.45, 2.75) is 70.1 Å². The maximum absolute atomic E-state index is 11.8. The average Bonchev–Trinajstić information content (AvgIpc) is 3.22. The van der Waals surface area contributed by atoms with Gasteiger partial charge >= 0.3 is 0 Å². The fraction of sp³-hybridized carbons (Fsp3) is 0.571. The van der Waals surface area contributed by atoms with Crippen LogP contribution in [0.15, 0.2) is 22.9 Å². The number of rotatable bonds is 10. The van der Waals surface area contributed by atoms with Gasteiger partial charge in [-0.05, 0) is 24.5 Å². The summed E-state index contributed by atoms with van der Waals surface area (Å²) >= 11 is 0. The molecule has 0 radical (unpaired) electrons. The zero-order valence-corrected chi connectivity index (χ0v) is 17.0. The lowest BCUT2D eigenvalue weighted by molar-refractivity contribution is -0.129. The van der Waals surface area contributed by atoms with Gasteiger partial charge < -0.3 is 10.3 Å². The highest BCUT2D eigenvalue weighted by Crippen LogP contribution is 2.31. The molecule has 1 fully saturated rings. The van der Waals surface area contributed by atoms with E-state index in [1.807, 2.05) is 0 Å². The van der Waals surface area contributed by atoms with Crippen molar-refractivity contribution >= 4 is 11.8 Å². The SMILES string of the molecule is NC(=O)c1ccnc(Cc2noc(C(CCCC3CCCCC3)CC(=O)NO)n2)c1. The van der Waals surface area contributed by atoms with Gasteiger partial charge in [0.1, 0.15) is 0 Å². The summed E-state index contributed by atoms with van der Waals surface area (Å²) in [6.45, 7) is 0. The van der Waals surface area contributed by atoms with Crippen molar-refractivity contribution in [1.29, 1.82) is 0 Å². The van der Waals surface area contributed by atoms with Gasteiger partial charge in [0.15, 0.2) is 5.82 Å². The van der Waals surface area contributed by atoms with Crippen LogP contribution < -0.4 is 11.2 Å². The summed E-state index contributed by atoms with van der Waals surface area (Å²) in [6, 6.07) is 3.14. The fourth-order valence-electron chi connectivity index (χ4n) is 4.11. The Kier molecular flexibility index (Phi) is 7.89. The number of nitrogens with two attached hydrogens (primary N) is 1. The average molecular weight is 415 g/mol. The zero-order chi connectivity index (χ0) is 21.3. The second-order valence-electron chi connectivity index (χ2n) is 8.00. The summed E-state index contributed by atoms with van der Waals surface area (Å²) in [5.74, 6) is 0.290. The van der Waals surface area contributed by atoms with Crippen molar-refractivity contribution in [2.75, 3.05) is 0 Å². The third-order valence-corrected chi connectivity index (χ3v) is 5.72. The van der Waals surface area contributed by atoms with Gasteiger partial charge in [-0.25, -0.2) is 5.48 Å². The van der Waals surface area contributed by atoms with Gasteiger partial charge in [0, 0.05) is 29.8 Å². The van der Waals surface area contributed by atoms with Crippen LogP contribution in [-0.4, -0.2) is 32.1 Å². The largest absolute Gasteiger partial charge is 0.366 e. The number of hydrogen-bond acceptors (Lipinski definition) is 7. The van der Waals surface area contributed by atoms with E-state index in [0.717, 1.165) is 25.2 Å². The van der Waals surface area contributed by atoms with E-state index in [9.17, 15) is 9.59 Å². The Hall–Kier alpha value is -2.81. The van der Waals surface area contributed by atoms with Crippen LogP contribution in [0.25, 0.3) is 0 Å². The number of carbonyl (C=O) groups is 2. The van der Waals surface area contributed by atoms with Crippen molar-refractivity contribution in [3.63, 3.8) is 0 Å². The smallest absolute Gasteiger partial charge is 0.248 e. The number of pyridine rings is 1. The highest BCUT2D eigenvalue weighted by Gasteiger charge is 2.23. The Balaban J connectivity index is 1.63. The molecule has 9 nitrogen and oxygen atoms in total. The summed E-state index contributed by atoms with van der Waals surface area (Å²) in [6.07, 6.45) is 11.2. The van der Waals surface area contributed by atoms with E-state index in [1.54, 1.807) is 17.6 Å². The standard InChI is InChI=1S/C21H29N5O4/c22-20(28)15-9-10-23-17(11-15)13-18-24-21(30-26-18)16(12-19(27)25-29)8-4-7-14-5-2-1-3-6-14/h9-11,14,16,29H,1-8,12-13H2,(H2,22,28)(H,25,27). The van der Waals surface area contributed by atoms with Gasteiger partial charge in [-0.3, -0.25) is 19.8 Å². The third-order valence-electron chi connectivity index (χ3n) is 5.72. The number of primary amides is 1. The maximum Gasteiger partial charge on any atom is 0.248 e. The lowest BCUT2D eigenvalue weighted by Crippen LogP contribution is -2.21. The van der Waals surface area contributed by atoms with E-state index in [4.69, 9.17) is 15.5 Å². The monoisotopic (exact) mass is 415 g/mol. The molecule has 9 heteroatoms. The van der Waals surface area contributed by atoms with Crippen LogP contribution in [-0.2, 0) is 11.2 Å². The molecule has 2 amide bonds. The Morgan fingerprint density at radius 1 is 1.30 bits per heavy atom. The predicted octanol–water partition coefficient (Wildman–Crippen LogP) is 2.88. The topological polar surface area (TPSA) is 144 Å². The highest BCUT2D eigenvalue weighted by atomic mass is 16.5. The predicted molar refractivity (Wildman–Crippen MR) is 108 cm³/mol. The van der Waals surface area contributed by atoms with E-state index in [1.165, 1.54) is 38.3 Å². The van der Waals surface area contributed by atoms with Crippen LogP contribution in [0.4, 0.5) is 0 Å². The fourth-order valence-corrected chi connectivity index (χ4v) is 4.11. The van der Waals surface area contributed by atoms with Gasteiger partial charge in [0.25, 0.3) is 0 Å². The normalized spacial score (nSPS) is 15.6. The second kappa shape index (κ2) is 10.8. The Labute approximate surface area is 175 Å². The maximum atomic E-state index is 11.8. The third kappa shape index (κ3) is 6.35. The van der Waals surface area contributed by atoms with Crippen LogP contribution in [0.2, 0.25) is 0 Å². The van der Waals surface area contributed by atoms with Crippen LogP contribution in [0, 0.1) is 5.92 Å². The van der Waals surface area contributed by atoms with Crippen LogP contribution in [0.1, 0.15) is 91.5 Å². The summed E-state index contributed by atoms with van der Waals surface area (Å²) in [5.41, 5.74) is 7.95. The lowest BCUT2D eigenvalue weighted by atomic mass is 9.84. The van der Waals surface area contributed by atoms with Crippen molar-refractivity contribution < 1.29 is 19.3 Å². The molecule has 1 saturated carbocycles. The first-order valence-electron chi connectivity index (χ1n) is 10.5. The molecule has 1 aliphatic rings. The highest BCUT2D eigenvalue weighted by molar-refractivity contribution is 5.92. The molecule has 1 aliphatic carbocycles. The van der Waals surface area contributed by atoms with Crippen molar-refractivity contribution in [1.82, 2.24) is 20.6 Å². The molecule has 30 heavy (non-hydrogen) atoms. The van der Waals surface area contributed by atoms with Gasteiger partial charge in [-0.15, -0.1) is 0 Å². The summed E-state index contributed by atoms with van der Waals surface area (Å²) < 4.78 is 5.42. The van der Waals surface area contributed by atoms with Gasteiger partial charge in [-0.1, -0.05) is 50.1 Å². The molecule has 2 heterocycles. The Bertz CT molecular complexity index is 847. The van der Waals surface area contributed by atoms with E-state index in [2.05, 4.69) is 15.1 Å². The molecule has 0 aliphatic heterocycles. The number of hydrogen-bond donors (Lipinski definition) is 3. The van der Waals surface area contributed by atoms with Crippen LogP contribution in [0.5, 0.6) is 0 Å². The molecule has 1 unspecified atom stereocenters. The van der Waals surface area contributed by atoms with Gasteiger partial charge in [-0.2, -0.15) is 4.98 Å². The molecular weight excluding hydrogens is 386 g/mol. The first kappa shape index (κ1) is 21.9. The molecule has 4 N–H and O–H groups in total. The number of amides is 2. The molecule has 0 bridgehead atoms. The molecular formula is C21H29N5O4. The minimum Gasteiger partial charge on any atom is -0.366 e. The molecule has 2 aromatic rings. The molecule has 0 spiro atoms. The number of carbonyl (C=O) groups excluding carboxylic acids is 2. The van der Waals surface area contributed by atoms with Crippen LogP contribution >= 0.6 is 0 Å². The Morgan fingerprint density at radius 2 is 2.10 bits per heavy atom. The first-order valence-corrected chi connectivity index (χ1v) is 10.5. The minimum atomic E-state index is -0.527. The molecule has 162 valence electrons. The number of nitrogens with one attached hydrogen (secondary N) is 1. The quantitative estimate of drug-likeness (QED) is 0.400. The molecule has 3 rings (SSSR count). The van der Waals surface area contributed by atoms with Crippen molar-refractivity contribution in [3.05, 3.63) is 41.3 Å². The molecule has 2 aromatic heterocycles. The van der Waals surface area contributed by atoms with Gasteiger partial charge in [0.2, 0.25) is 17.7 Å². The van der Waals surface area contributed by atoms with E-state index in [0.29, 0.717) is 23.0 Å². The summed E-state index contributed by atoms with van der Waals surface area (Å²) in [4.78, 5) is 31.7. The summed E-state index contributed by atoms with van der Waals surface area (Å²) in [7, 11) is 0. The molecule has 1 atom stereocenters. The van der Waals surface area contributed by atoms with E-state index < -0.39 is 11.8 Å². The van der Waals surface area contributed by atoms with Crippen molar-refractivity contribution in [2.24, 2.45) is 11.7 Å².